The van der Waals surface area contributed by atoms with E-state index in [0.29, 0.717) is 11.5 Å². The second-order valence-corrected chi connectivity index (χ2v) is 6.10. The standard InChI is InChI=1S/C15H21NO7S/c1-8(2)21-14(18)12(16-10(4)17)7-24-15(19)20-6-13-9(3)22-11(5)23-13/h8,12H,5-7H2,1-4H3,(H,16,17)/t12-/m0/s1. The molecular weight excluding hydrogens is 338 g/mol. The van der Waals surface area contributed by atoms with Crippen LogP contribution in [0.3, 0.4) is 0 Å². The van der Waals surface area contributed by atoms with E-state index in [4.69, 9.17) is 18.9 Å². The van der Waals surface area contributed by atoms with Crippen LogP contribution in [0.1, 0.15) is 27.7 Å². The fourth-order valence-corrected chi connectivity index (χ4v) is 2.30. The van der Waals surface area contributed by atoms with Crippen molar-refractivity contribution in [1.82, 2.24) is 5.32 Å². The molecule has 0 bridgehead atoms. The molecule has 0 aromatic heterocycles. The van der Waals surface area contributed by atoms with Crippen LogP contribution in [0.4, 0.5) is 4.79 Å². The third-order valence-electron chi connectivity index (χ3n) is 2.60. The molecule has 1 N–H and O–H groups in total. The van der Waals surface area contributed by atoms with Gasteiger partial charge in [-0.25, -0.2) is 9.59 Å². The number of hydrogen-bond acceptors (Lipinski definition) is 8. The Morgan fingerprint density at radius 1 is 1.29 bits per heavy atom. The number of rotatable bonds is 7. The second kappa shape index (κ2) is 9.21. The molecule has 8 nitrogen and oxygen atoms in total. The van der Waals surface area contributed by atoms with Crippen molar-refractivity contribution in [2.24, 2.45) is 0 Å². The first-order valence-corrected chi connectivity index (χ1v) is 8.19. The third-order valence-corrected chi connectivity index (χ3v) is 3.45. The van der Waals surface area contributed by atoms with Crippen LogP contribution in [-0.4, -0.2) is 41.7 Å². The van der Waals surface area contributed by atoms with E-state index in [1.807, 2.05) is 0 Å². The quantitative estimate of drug-likeness (QED) is 0.690. The molecule has 0 aliphatic carbocycles. The van der Waals surface area contributed by atoms with Crippen LogP contribution < -0.4 is 5.32 Å². The fraction of sp³-hybridized carbons (Fsp3) is 0.533. The van der Waals surface area contributed by atoms with Gasteiger partial charge >= 0.3 is 11.3 Å². The lowest BCUT2D eigenvalue weighted by atomic mass is 10.3. The van der Waals surface area contributed by atoms with E-state index in [-0.39, 0.29) is 24.4 Å². The first kappa shape index (κ1) is 19.9. The zero-order valence-corrected chi connectivity index (χ0v) is 14.9. The normalized spacial score (nSPS) is 14.8. The number of hydrogen-bond donors (Lipinski definition) is 1. The number of ether oxygens (including phenoxy) is 4. The summed E-state index contributed by atoms with van der Waals surface area (Å²) in [6.45, 7) is 9.69. The van der Waals surface area contributed by atoms with Gasteiger partial charge in [0.1, 0.15) is 11.8 Å². The van der Waals surface area contributed by atoms with E-state index in [1.54, 1.807) is 20.8 Å². The molecule has 0 radical (unpaired) electrons. The highest BCUT2D eigenvalue weighted by atomic mass is 32.2. The monoisotopic (exact) mass is 359 g/mol. The lowest BCUT2D eigenvalue weighted by Gasteiger charge is -2.17. The van der Waals surface area contributed by atoms with Crippen LogP contribution in [-0.2, 0) is 28.5 Å². The van der Waals surface area contributed by atoms with Gasteiger partial charge < -0.3 is 24.3 Å². The molecule has 9 heteroatoms. The Labute approximate surface area is 144 Å². The number of thioether (sulfide) groups is 1. The molecule has 0 unspecified atom stereocenters. The summed E-state index contributed by atoms with van der Waals surface area (Å²) in [5.74, 6) is -0.0748. The molecular formula is C15H21NO7S. The molecule has 0 fully saturated rings. The van der Waals surface area contributed by atoms with Gasteiger partial charge in [0.2, 0.25) is 5.91 Å². The maximum Gasteiger partial charge on any atom is 0.367 e. The highest BCUT2D eigenvalue weighted by molar-refractivity contribution is 8.13. The van der Waals surface area contributed by atoms with Gasteiger partial charge in [-0.1, -0.05) is 0 Å². The predicted molar refractivity (Wildman–Crippen MR) is 86.6 cm³/mol. The molecule has 1 atom stereocenters. The lowest BCUT2D eigenvalue weighted by molar-refractivity contribution is -0.150. The molecule has 1 heterocycles. The average molecular weight is 359 g/mol. The third kappa shape index (κ3) is 6.95. The molecule has 1 amide bonds. The summed E-state index contributed by atoms with van der Waals surface area (Å²) >= 11 is 0.749. The van der Waals surface area contributed by atoms with Gasteiger partial charge in [-0.05, 0) is 39.1 Å². The lowest BCUT2D eigenvalue weighted by Crippen LogP contribution is -2.43. The van der Waals surface area contributed by atoms with Gasteiger partial charge in [0, 0.05) is 12.7 Å². The van der Waals surface area contributed by atoms with Gasteiger partial charge in [-0.15, -0.1) is 0 Å². The van der Waals surface area contributed by atoms with E-state index in [0.717, 1.165) is 11.8 Å². The maximum absolute atomic E-state index is 11.9. The Kier molecular flexibility index (Phi) is 7.63. The van der Waals surface area contributed by atoms with Crippen LogP contribution in [0.2, 0.25) is 0 Å². The molecule has 0 aromatic carbocycles. The van der Waals surface area contributed by atoms with Crippen molar-refractivity contribution in [3.8, 4) is 0 Å². The average Bonchev–Trinajstić information content (AvgIpc) is 2.78. The Hall–Kier alpha value is -2.16. The molecule has 1 aliphatic heterocycles. The largest absolute Gasteiger partial charge is 0.461 e. The number of carbonyl (C=O) groups excluding carboxylic acids is 3. The summed E-state index contributed by atoms with van der Waals surface area (Å²) in [5, 5.41) is 1.82. The van der Waals surface area contributed by atoms with E-state index in [2.05, 4.69) is 11.9 Å². The zero-order chi connectivity index (χ0) is 18.3. The molecule has 0 saturated heterocycles. The molecule has 0 saturated carbocycles. The molecule has 1 rings (SSSR count). The fourth-order valence-electron chi connectivity index (χ4n) is 1.63. The molecule has 0 spiro atoms. The number of carbonyl (C=O) groups is 3. The molecule has 24 heavy (non-hydrogen) atoms. The summed E-state index contributed by atoms with van der Waals surface area (Å²) in [6.07, 6.45) is -0.326. The SMILES string of the molecule is C=C1OC(C)=C(COC(=O)SC[C@H](NC(C)=O)C(=O)OC(C)C)O1. The Morgan fingerprint density at radius 3 is 2.46 bits per heavy atom. The van der Waals surface area contributed by atoms with Gasteiger partial charge in [0.25, 0.3) is 5.95 Å². The highest BCUT2D eigenvalue weighted by Gasteiger charge is 2.25. The van der Waals surface area contributed by atoms with Crippen LogP contribution in [0.5, 0.6) is 0 Å². The van der Waals surface area contributed by atoms with Gasteiger partial charge in [-0.3, -0.25) is 4.79 Å². The first-order valence-electron chi connectivity index (χ1n) is 7.20. The van der Waals surface area contributed by atoms with Crippen molar-refractivity contribution >= 4 is 28.9 Å². The highest BCUT2D eigenvalue weighted by Crippen LogP contribution is 2.23. The smallest absolute Gasteiger partial charge is 0.367 e. The minimum absolute atomic E-state index is 0.00788. The van der Waals surface area contributed by atoms with Crippen LogP contribution in [0.25, 0.3) is 0 Å². The zero-order valence-electron chi connectivity index (χ0n) is 14.0. The summed E-state index contributed by atoms with van der Waals surface area (Å²) in [6, 6.07) is -0.936. The van der Waals surface area contributed by atoms with Crippen LogP contribution in [0.15, 0.2) is 24.0 Å². The minimum Gasteiger partial charge on any atom is -0.461 e. The Balaban J connectivity index is 2.46. The van der Waals surface area contributed by atoms with E-state index < -0.39 is 23.2 Å². The van der Waals surface area contributed by atoms with Crippen molar-refractivity contribution in [3.63, 3.8) is 0 Å². The van der Waals surface area contributed by atoms with Gasteiger partial charge in [0.05, 0.1) is 6.10 Å². The van der Waals surface area contributed by atoms with E-state index in [1.165, 1.54) is 6.92 Å². The maximum atomic E-state index is 11.9. The summed E-state index contributed by atoms with van der Waals surface area (Å²) in [5.41, 5.74) is 0. The Bertz CT molecular complexity index is 556. The Morgan fingerprint density at radius 2 is 1.96 bits per heavy atom. The van der Waals surface area contributed by atoms with E-state index in [9.17, 15) is 14.4 Å². The molecule has 0 aromatic rings. The van der Waals surface area contributed by atoms with Crippen molar-refractivity contribution < 1.29 is 33.3 Å². The van der Waals surface area contributed by atoms with Gasteiger partial charge in [-0.2, -0.15) is 0 Å². The summed E-state index contributed by atoms with van der Waals surface area (Å²) in [7, 11) is 0. The molecule has 1 aliphatic rings. The summed E-state index contributed by atoms with van der Waals surface area (Å²) in [4.78, 5) is 34.8. The first-order chi connectivity index (χ1) is 11.2. The van der Waals surface area contributed by atoms with Crippen molar-refractivity contribution in [1.29, 1.82) is 0 Å². The van der Waals surface area contributed by atoms with Crippen molar-refractivity contribution in [3.05, 3.63) is 24.0 Å². The number of allylic oxidation sites excluding steroid dienone is 1. The number of nitrogens with one attached hydrogen (secondary N) is 1. The number of amides is 1. The topological polar surface area (TPSA) is 100 Å². The summed E-state index contributed by atoms with van der Waals surface area (Å²) < 4.78 is 20.3. The number of esters is 1. The molecule has 134 valence electrons. The van der Waals surface area contributed by atoms with Crippen LogP contribution >= 0.6 is 11.8 Å². The minimum atomic E-state index is -0.936. The van der Waals surface area contributed by atoms with Crippen molar-refractivity contribution in [2.75, 3.05) is 12.4 Å². The van der Waals surface area contributed by atoms with Crippen LogP contribution in [0, 0.1) is 0 Å². The van der Waals surface area contributed by atoms with Crippen molar-refractivity contribution in [2.45, 2.75) is 39.8 Å². The predicted octanol–water partition coefficient (Wildman–Crippen LogP) is 2.06. The van der Waals surface area contributed by atoms with E-state index >= 15 is 0 Å². The second-order valence-electron chi connectivity index (χ2n) is 5.14. The van der Waals surface area contributed by atoms with Gasteiger partial charge in [0.15, 0.2) is 12.4 Å².